The third-order valence-electron chi connectivity index (χ3n) is 3.04. The molecule has 2 aromatic rings. The molecule has 0 spiro atoms. The zero-order valence-corrected chi connectivity index (χ0v) is 13.4. The summed E-state index contributed by atoms with van der Waals surface area (Å²) in [5, 5.41) is 11.4. The maximum absolute atomic E-state index is 11.1. The van der Waals surface area contributed by atoms with E-state index >= 15 is 0 Å². The molecule has 2 aromatic carbocycles. The van der Waals surface area contributed by atoms with Crippen molar-refractivity contribution in [1.82, 2.24) is 0 Å². The number of nitro benzene ring substituents is 1. The first kappa shape index (κ1) is 17.1. The number of nitro groups is 1. The average molecular weight is 356 g/mol. The zero-order chi connectivity index (χ0) is 17.0. The van der Waals surface area contributed by atoms with E-state index in [9.17, 15) is 14.9 Å². The first-order valence-electron chi connectivity index (χ1n) is 6.35. The fraction of sp³-hybridized carbons (Fsp3) is 0.133. The van der Waals surface area contributed by atoms with Crippen LogP contribution < -0.4 is 9.47 Å². The monoisotopic (exact) mass is 355 g/mol. The van der Waals surface area contributed by atoms with Gasteiger partial charge >= 0.3 is 0 Å². The molecule has 0 aliphatic rings. The first-order valence-corrected chi connectivity index (χ1v) is 7.10. The van der Waals surface area contributed by atoms with Crippen LogP contribution >= 0.6 is 23.2 Å². The molecule has 0 bridgehead atoms. The lowest BCUT2D eigenvalue weighted by Gasteiger charge is -2.13. The topological polar surface area (TPSA) is 78.7 Å². The van der Waals surface area contributed by atoms with Gasteiger partial charge in [-0.05, 0) is 18.2 Å². The molecular formula is C15H11Cl2NO5. The maximum Gasteiger partial charge on any atom is 0.277 e. The van der Waals surface area contributed by atoms with E-state index in [1.165, 1.54) is 37.4 Å². The lowest BCUT2D eigenvalue weighted by atomic mass is 10.2. The summed E-state index contributed by atoms with van der Waals surface area (Å²) in [6.45, 7) is -0.174. The molecule has 0 aromatic heterocycles. The Kier molecular flexibility index (Phi) is 5.41. The number of carbonyl (C=O) groups is 1. The van der Waals surface area contributed by atoms with Crippen molar-refractivity contribution in [3.05, 3.63) is 61.6 Å². The third kappa shape index (κ3) is 3.72. The van der Waals surface area contributed by atoms with E-state index in [2.05, 4.69) is 0 Å². The standard InChI is InChI=1S/C15H11Cl2NO5/c1-22-14-6-9(7-19)5-12(17)15(14)23-8-10-11(16)3-2-4-13(10)18(20)21/h2-7H,8H2,1H3. The molecule has 0 saturated carbocycles. The van der Waals surface area contributed by atoms with Gasteiger partial charge in [0.1, 0.15) is 12.9 Å². The average Bonchev–Trinajstić information content (AvgIpc) is 2.53. The number of methoxy groups -OCH3 is 1. The van der Waals surface area contributed by atoms with Gasteiger partial charge in [0.05, 0.1) is 27.6 Å². The van der Waals surface area contributed by atoms with Gasteiger partial charge in [-0.1, -0.05) is 29.3 Å². The molecule has 0 radical (unpaired) electrons. The zero-order valence-electron chi connectivity index (χ0n) is 11.9. The Morgan fingerprint density at radius 3 is 2.61 bits per heavy atom. The van der Waals surface area contributed by atoms with Crippen molar-refractivity contribution in [2.45, 2.75) is 6.61 Å². The van der Waals surface area contributed by atoms with Gasteiger partial charge in [-0.25, -0.2) is 0 Å². The number of halogens is 2. The van der Waals surface area contributed by atoms with E-state index in [0.717, 1.165) is 0 Å². The van der Waals surface area contributed by atoms with Crippen molar-refractivity contribution in [3.8, 4) is 11.5 Å². The smallest absolute Gasteiger partial charge is 0.277 e. The first-order chi connectivity index (χ1) is 11.0. The van der Waals surface area contributed by atoms with Crippen molar-refractivity contribution in [1.29, 1.82) is 0 Å². The van der Waals surface area contributed by atoms with E-state index in [-0.39, 0.29) is 39.4 Å². The summed E-state index contributed by atoms with van der Waals surface area (Å²) in [6, 6.07) is 7.21. The molecule has 0 aliphatic heterocycles. The van der Waals surface area contributed by atoms with E-state index in [0.29, 0.717) is 11.8 Å². The second-order valence-corrected chi connectivity index (χ2v) is 5.25. The SMILES string of the molecule is COc1cc(C=O)cc(Cl)c1OCc1c(Cl)cccc1[N+](=O)[O-]. The van der Waals surface area contributed by atoms with Crippen LogP contribution in [0.3, 0.4) is 0 Å². The lowest BCUT2D eigenvalue weighted by Crippen LogP contribution is -2.03. The predicted molar refractivity (Wildman–Crippen MR) is 85.8 cm³/mol. The van der Waals surface area contributed by atoms with Crippen LogP contribution in [0.15, 0.2) is 30.3 Å². The fourth-order valence-electron chi connectivity index (χ4n) is 1.95. The quantitative estimate of drug-likeness (QED) is 0.438. The van der Waals surface area contributed by atoms with Gasteiger partial charge in [0.2, 0.25) is 0 Å². The van der Waals surface area contributed by atoms with Crippen molar-refractivity contribution in [3.63, 3.8) is 0 Å². The van der Waals surface area contributed by atoms with Gasteiger partial charge in [0.15, 0.2) is 11.5 Å². The van der Waals surface area contributed by atoms with Crippen molar-refractivity contribution in [2.75, 3.05) is 7.11 Å². The Hall–Kier alpha value is -2.31. The number of carbonyl (C=O) groups excluding carboxylic acids is 1. The Morgan fingerprint density at radius 2 is 2.00 bits per heavy atom. The molecule has 8 heteroatoms. The Labute approximate surface area is 141 Å². The van der Waals surface area contributed by atoms with Crippen molar-refractivity contribution >= 4 is 35.2 Å². The number of ether oxygens (including phenoxy) is 2. The molecule has 0 atom stereocenters. The molecule has 0 fully saturated rings. The molecule has 0 unspecified atom stereocenters. The molecule has 0 N–H and O–H groups in total. The highest BCUT2D eigenvalue weighted by Gasteiger charge is 2.19. The Bertz CT molecular complexity index is 764. The van der Waals surface area contributed by atoms with Gasteiger partial charge in [-0.2, -0.15) is 0 Å². The van der Waals surface area contributed by atoms with E-state index < -0.39 is 4.92 Å². The van der Waals surface area contributed by atoms with Crippen LogP contribution in [0.4, 0.5) is 5.69 Å². The van der Waals surface area contributed by atoms with Gasteiger partial charge in [-0.3, -0.25) is 14.9 Å². The van der Waals surface area contributed by atoms with Crippen LogP contribution in [0, 0.1) is 10.1 Å². The van der Waals surface area contributed by atoms with E-state index in [1.807, 2.05) is 0 Å². The summed E-state index contributed by atoms with van der Waals surface area (Å²) < 4.78 is 10.7. The Balaban J connectivity index is 2.36. The van der Waals surface area contributed by atoms with Crippen LogP contribution in [0.1, 0.15) is 15.9 Å². The molecule has 0 saturated heterocycles. The van der Waals surface area contributed by atoms with E-state index in [4.69, 9.17) is 32.7 Å². The Morgan fingerprint density at radius 1 is 1.26 bits per heavy atom. The number of aldehydes is 1. The van der Waals surface area contributed by atoms with Gasteiger partial charge < -0.3 is 9.47 Å². The van der Waals surface area contributed by atoms with E-state index in [1.54, 1.807) is 0 Å². The summed E-state index contributed by atoms with van der Waals surface area (Å²) in [6.07, 6.45) is 0.622. The number of nitrogens with zero attached hydrogens (tertiary/aromatic N) is 1. The predicted octanol–water partition coefficient (Wildman–Crippen LogP) is 4.30. The molecule has 6 nitrogen and oxygen atoms in total. The van der Waals surface area contributed by atoms with Gasteiger partial charge in [0, 0.05) is 11.6 Å². The molecule has 0 heterocycles. The van der Waals surface area contributed by atoms with Crippen molar-refractivity contribution in [2.24, 2.45) is 0 Å². The lowest BCUT2D eigenvalue weighted by molar-refractivity contribution is -0.385. The van der Waals surface area contributed by atoms with Gasteiger partial charge in [0.25, 0.3) is 5.69 Å². The second kappa shape index (κ2) is 7.30. The minimum absolute atomic E-state index is 0.154. The highest BCUT2D eigenvalue weighted by molar-refractivity contribution is 6.32. The number of benzene rings is 2. The summed E-state index contributed by atoms with van der Waals surface area (Å²) in [5.74, 6) is 0.420. The highest BCUT2D eigenvalue weighted by Crippen LogP contribution is 2.37. The minimum atomic E-state index is -0.543. The third-order valence-corrected chi connectivity index (χ3v) is 3.67. The fourth-order valence-corrected chi connectivity index (χ4v) is 2.45. The summed E-state index contributed by atoms with van der Waals surface area (Å²) in [7, 11) is 1.39. The molecule has 120 valence electrons. The minimum Gasteiger partial charge on any atom is -0.493 e. The largest absolute Gasteiger partial charge is 0.493 e. The van der Waals surface area contributed by atoms with Crippen LogP contribution in [0.25, 0.3) is 0 Å². The number of rotatable bonds is 6. The summed E-state index contributed by atoms with van der Waals surface area (Å²) in [4.78, 5) is 21.4. The van der Waals surface area contributed by atoms with Crippen LogP contribution in [0.5, 0.6) is 11.5 Å². The molecular weight excluding hydrogens is 345 g/mol. The van der Waals surface area contributed by atoms with Gasteiger partial charge in [-0.15, -0.1) is 0 Å². The normalized spacial score (nSPS) is 10.2. The summed E-state index contributed by atoms with van der Waals surface area (Å²) >= 11 is 12.1. The maximum atomic E-state index is 11.1. The molecule has 23 heavy (non-hydrogen) atoms. The number of hydrogen-bond acceptors (Lipinski definition) is 5. The van der Waals surface area contributed by atoms with Crippen molar-refractivity contribution < 1.29 is 19.2 Å². The highest BCUT2D eigenvalue weighted by atomic mass is 35.5. The molecule has 0 amide bonds. The molecule has 0 aliphatic carbocycles. The van der Waals surface area contributed by atoms with Crippen LogP contribution in [-0.4, -0.2) is 18.3 Å². The second-order valence-electron chi connectivity index (χ2n) is 4.44. The van der Waals surface area contributed by atoms with Crippen LogP contribution in [-0.2, 0) is 6.61 Å². The summed E-state index contributed by atoms with van der Waals surface area (Å²) in [5.41, 5.74) is 0.386. The van der Waals surface area contributed by atoms with Crippen LogP contribution in [0.2, 0.25) is 10.0 Å². The number of hydrogen-bond donors (Lipinski definition) is 0. The molecule has 2 rings (SSSR count).